The first kappa shape index (κ1) is 18.4. The molecule has 0 bridgehead atoms. The van der Waals surface area contributed by atoms with Crippen molar-refractivity contribution in [3.63, 3.8) is 0 Å². The normalized spacial score (nSPS) is 17.8. The third-order valence-corrected chi connectivity index (χ3v) is 6.40. The van der Waals surface area contributed by atoms with Crippen molar-refractivity contribution in [2.24, 2.45) is 0 Å². The molecule has 1 heterocycles. The predicted octanol–water partition coefficient (Wildman–Crippen LogP) is 2.16. The molecular weight excluding hydrogens is 352 g/mol. The van der Waals surface area contributed by atoms with Gasteiger partial charge in [-0.2, -0.15) is 4.31 Å². The fraction of sp³-hybridized carbons (Fsp3) is 0.316. The van der Waals surface area contributed by atoms with Gasteiger partial charge in [-0.1, -0.05) is 30.3 Å². The van der Waals surface area contributed by atoms with Crippen LogP contribution in [0.4, 0.5) is 0 Å². The van der Waals surface area contributed by atoms with Crippen LogP contribution in [0.15, 0.2) is 59.5 Å². The molecule has 26 heavy (non-hydrogen) atoms. The van der Waals surface area contributed by atoms with E-state index in [2.05, 4.69) is 5.32 Å². The van der Waals surface area contributed by atoms with Crippen molar-refractivity contribution in [2.75, 3.05) is 13.7 Å². The molecule has 0 aromatic heterocycles. The molecule has 138 valence electrons. The number of hydrogen-bond acceptors (Lipinski definition) is 4. The van der Waals surface area contributed by atoms with Crippen molar-refractivity contribution in [3.8, 4) is 5.75 Å². The van der Waals surface area contributed by atoms with Crippen LogP contribution in [0.2, 0.25) is 0 Å². The highest BCUT2D eigenvalue weighted by Gasteiger charge is 2.39. The molecule has 1 atom stereocenters. The van der Waals surface area contributed by atoms with E-state index in [1.54, 1.807) is 37.4 Å². The van der Waals surface area contributed by atoms with Crippen molar-refractivity contribution >= 4 is 15.9 Å². The van der Waals surface area contributed by atoms with E-state index in [1.165, 1.54) is 4.31 Å². The molecular formula is C19H22N2O4S. The Labute approximate surface area is 153 Å². The van der Waals surface area contributed by atoms with Crippen LogP contribution in [-0.2, 0) is 21.4 Å². The summed E-state index contributed by atoms with van der Waals surface area (Å²) < 4.78 is 32.1. The van der Waals surface area contributed by atoms with E-state index < -0.39 is 16.1 Å². The van der Waals surface area contributed by atoms with E-state index in [-0.39, 0.29) is 10.8 Å². The van der Waals surface area contributed by atoms with Gasteiger partial charge in [-0.25, -0.2) is 8.42 Å². The molecule has 6 nitrogen and oxygen atoms in total. The summed E-state index contributed by atoms with van der Waals surface area (Å²) in [6.45, 7) is 0.705. The number of sulfonamides is 1. The molecule has 1 aliphatic heterocycles. The number of carbonyl (C=O) groups is 1. The third kappa shape index (κ3) is 3.89. The lowest BCUT2D eigenvalue weighted by molar-refractivity contribution is -0.124. The van der Waals surface area contributed by atoms with Gasteiger partial charge in [0, 0.05) is 13.1 Å². The summed E-state index contributed by atoms with van der Waals surface area (Å²) in [5.41, 5.74) is 0.926. The van der Waals surface area contributed by atoms with Crippen molar-refractivity contribution in [2.45, 2.75) is 30.3 Å². The zero-order valence-corrected chi connectivity index (χ0v) is 15.4. The molecule has 1 aliphatic rings. The van der Waals surface area contributed by atoms with E-state index >= 15 is 0 Å². The molecule has 0 spiro atoms. The maximum atomic E-state index is 12.8. The number of rotatable bonds is 6. The number of amides is 1. The zero-order chi connectivity index (χ0) is 18.6. The fourth-order valence-electron chi connectivity index (χ4n) is 3.07. The van der Waals surface area contributed by atoms with Gasteiger partial charge in [0.25, 0.3) is 0 Å². The summed E-state index contributed by atoms with van der Waals surface area (Å²) in [5, 5.41) is 2.85. The molecule has 0 radical (unpaired) electrons. The molecule has 1 N–H and O–H groups in total. The number of nitrogens with one attached hydrogen (secondary N) is 1. The van der Waals surface area contributed by atoms with Crippen LogP contribution in [0.1, 0.15) is 18.4 Å². The Balaban J connectivity index is 1.68. The molecule has 1 fully saturated rings. The third-order valence-electron chi connectivity index (χ3n) is 4.48. The number of carbonyl (C=O) groups excluding carboxylic acids is 1. The number of nitrogens with zero attached hydrogens (tertiary/aromatic N) is 1. The Morgan fingerprint density at radius 1 is 1.15 bits per heavy atom. The highest BCUT2D eigenvalue weighted by Crippen LogP contribution is 2.26. The minimum atomic E-state index is -3.67. The second kappa shape index (κ2) is 7.88. The van der Waals surface area contributed by atoms with Gasteiger partial charge < -0.3 is 10.1 Å². The topological polar surface area (TPSA) is 75.7 Å². The minimum Gasteiger partial charge on any atom is -0.497 e. The van der Waals surface area contributed by atoms with Gasteiger partial charge in [0.15, 0.2) is 0 Å². The molecule has 2 aromatic rings. The largest absolute Gasteiger partial charge is 0.497 e. The summed E-state index contributed by atoms with van der Waals surface area (Å²) in [6.07, 6.45) is 1.20. The summed E-state index contributed by atoms with van der Waals surface area (Å²) in [7, 11) is -2.07. The molecule has 2 aromatic carbocycles. The van der Waals surface area contributed by atoms with E-state index in [0.29, 0.717) is 25.9 Å². The van der Waals surface area contributed by atoms with Gasteiger partial charge in [-0.05, 0) is 42.7 Å². The van der Waals surface area contributed by atoms with Gasteiger partial charge in [-0.15, -0.1) is 0 Å². The molecule has 1 saturated heterocycles. The SMILES string of the molecule is COc1ccc(CNC(=O)[C@H]2CCCN2S(=O)(=O)c2ccccc2)cc1. The van der Waals surface area contributed by atoms with E-state index in [1.807, 2.05) is 24.3 Å². The van der Waals surface area contributed by atoms with Crippen molar-refractivity contribution < 1.29 is 17.9 Å². The number of ether oxygens (including phenoxy) is 1. The van der Waals surface area contributed by atoms with Crippen LogP contribution in [0.5, 0.6) is 5.75 Å². The first-order valence-corrected chi connectivity index (χ1v) is 9.94. The predicted molar refractivity (Wildman–Crippen MR) is 98.2 cm³/mol. The van der Waals surface area contributed by atoms with Crippen molar-refractivity contribution in [1.29, 1.82) is 0 Å². The lowest BCUT2D eigenvalue weighted by atomic mass is 10.2. The standard InChI is InChI=1S/C19H22N2O4S/c1-25-16-11-9-15(10-12-16)14-20-19(22)18-8-5-13-21(18)26(23,24)17-6-3-2-4-7-17/h2-4,6-7,9-12,18H,5,8,13-14H2,1H3,(H,20,22)/t18-/m1/s1. The Morgan fingerprint density at radius 2 is 1.85 bits per heavy atom. The fourth-order valence-corrected chi connectivity index (χ4v) is 4.75. The Kier molecular flexibility index (Phi) is 5.58. The maximum absolute atomic E-state index is 12.8. The second-order valence-electron chi connectivity index (χ2n) is 6.15. The molecule has 7 heteroatoms. The number of benzene rings is 2. The average molecular weight is 374 g/mol. The Morgan fingerprint density at radius 3 is 2.50 bits per heavy atom. The van der Waals surface area contributed by atoms with E-state index in [0.717, 1.165) is 11.3 Å². The van der Waals surface area contributed by atoms with Crippen molar-refractivity contribution in [1.82, 2.24) is 9.62 Å². The zero-order valence-electron chi connectivity index (χ0n) is 14.6. The van der Waals surface area contributed by atoms with Gasteiger partial charge in [-0.3, -0.25) is 4.79 Å². The molecule has 0 unspecified atom stereocenters. The van der Waals surface area contributed by atoms with Gasteiger partial charge in [0.2, 0.25) is 15.9 Å². The summed E-state index contributed by atoms with van der Waals surface area (Å²) in [4.78, 5) is 12.8. The van der Waals surface area contributed by atoms with E-state index in [9.17, 15) is 13.2 Å². The summed E-state index contributed by atoms with van der Waals surface area (Å²) >= 11 is 0. The second-order valence-corrected chi connectivity index (χ2v) is 8.04. The highest BCUT2D eigenvalue weighted by atomic mass is 32.2. The lowest BCUT2D eigenvalue weighted by Gasteiger charge is -2.23. The van der Waals surface area contributed by atoms with Crippen LogP contribution in [0.25, 0.3) is 0 Å². The van der Waals surface area contributed by atoms with Crippen LogP contribution >= 0.6 is 0 Å². The number of hydrogen-bond donors (Lipinski definition) is 1. The molecule has 0 aliphatic carbocycles. The monoisotopic (exact) mass is 374 g/mol. The van der Waals surface area contributed by atoms with Crippen molar-refractivity contribution in [3.05, 3.63) is 60.2 Å². The average Bonchev–Trinajstić information content (AvgIpc) is 3.18. The Hall–Kier alpha value is -2.38. The van der Waals surface area contributed by atoms with Gasteiger partial charge in [0.05, 0.1) is 12.0 Å². The molecule has 3 rings (SSSR count). The summed E-state index contributed by atoms with van der Waals surface area (Å²) in [5.74, 6) is 0.480. The van der Waals surface area contributed by atoms with Gasteiger partial charge in [0.1, 0.15) is 11.8 Å². The smallest absolute Gasteiger partial charge is 0.243 e. The molecule has 1 amide bonds. The van der Waals surface area contributed by atoms with Crippen LogP contribution < -0.4 is 10.1 Å². The number of methoxy groups -OCH3 is 1. The van der Waals surface area contributed by atoms with Gasteiger partial charge >= 0.3 is 0 Å². The summed E-state index contributed by atoms with van der Waals surface area (Å²) in [6, 6.07) is 15.0. The first-order chi connectivity index (χ1) is 12.5. The minimum absolute atomic E-state index is 0.217. The first-order valence-electron chi connectivity index (χ1n) is 8.50. The highest BCUT2D eigenvalue weighted by molar-refractivity contribution is 7.89. The van der Waals surface area contributed by atoms with Crippen LogP contribution in [0, 0.1) is 0 Å². The quantitative estimate of drug-likeness (QED) is 0.841. The lowest BCUT2D eigenvalue weighted by Crippen LogP contribution is -2.45. The maximum Gasteiger partial charge on any atom is 0.243 e. The molecule has 0 saturated carbocycles. The Bertz CT molecular complexity index is 851. The van der Waals surface area contributed by atoms with Crippen LogP contribution in [-0.4, -0.2) is 38.3 Å². The van der Waals surface area contributed by atoms with E-state index in [4.69, 9.17) is 4.74 Å². The van der Waals surface area contributed by atoms with Crippen LogP contribution in [0.3, 0.4) is 0 Å².